The minimum atomic E-state index is -0.499. The first-order valence-electron chi connectivity index (χ1n) is 8.72. The lowest BCUT2D eigenvalue weighted by Crippen LogP contribution is -2.32. The van der Waals surface area contributed by atoms with Crippen LogP contribution in [-0.2, 0) is 4.79 Å². The Morgan fingerprint density at radius 1 is 1.11 bits per heavy atom. The molecule has 4 rings (SSSR count). The van der Waals surface area contributed by atoms with Crippen molar-refractivity contribution in [1.29, 1.82) is 0 Å². The van der Waals surface area contributed by atoms with Crippen molar-refractivity contribution >= 4 is 23.2 Å². The van der Waals surface area contributed by atoms with Gasteiger partial charge in [-0.1, -0.05) is 0 Å². The predicted octanol–water partition coefficient (Wildman–Crippen LogP) is 2.76. The molecule has 2 aromatic heterocycles. The number of hydrogen-bond acceptors (Lipinski definition) is 6. The molecule has 0 saturated carbocycles. The number of furan rings is 2. The largest absolute Gasteiger partial charge is 0.467 e. The first kappa shape index (κ1) is 17.6. The van der Waals surface area contributed by atoms with Crippen LogP contribution in [0, 0.1) is 0 Å². The lowest BCUT2D eigenvalue weighted by molar-refractivity contribution is -0.131. The smallest absolute Gasteiger partial charge is 0.262 e. The number of nitrogens with one attached hydrogen (secondary N) is 1. The Kier molecular flexibility index (Phi) is 4.67. The van der Waals surface area contributed by atoms with E-state index < -0.39 is 5.91 Å². The Balaban J connectivity index is 1.49. The van der Waals surface area contributed by atoms with Crippen LogP contribution >= 0.6 is 0 Å². The third-order valence-corrected chi connectivity index (χ3v) is 4.46. The molecule has 0 spiro atoms. The number of nitrogens with zero attached hydrogens (tertiary/aromatic N) is 2. The number of anilines is 1. The maximum atomic E-state index is 12.8. The first-order valence-corrected chi connectivity index (χ1v) is 8.72. The number of primary amides is 1. The predicted molar refractivity (Wildman–Crippen MR) is 102 cm³/mol. The van der Waals surface area contributed by atoms with Gasteiger partial charge < -0.3 is 19.9 Å². The summed E-state index contributed by atoms with van der Waals surface area (Å²) in [5.41, 5.74) is 7.02. The molecule has 8 nitrogen and oxygen atoms in total. The van der Waals surface area contributed by atoms with E-state index >= 15 is 0 Å². The third kappa shape index (κ3) is 3.52. The summed E-state index contributed by atoms with van der Waals surface area (Å²) in [4.78, 5) is 24.0. The monoisotopic (exact) mass is 378 g/mol. The SMILES string of the molecule is NC(=O)c1ccc(NCC(=O)N2N=C(c3ccco3)CC2c2ccco2)cc1. The van der Waals surface area contributed by atoms with Crippen LogP contribution < -0.4 is 11.1 Å². The van der Waals surface area contributed by atoms with E-state index in [0.29, 0.717) is 34.9 Å². The second-order valence-corrected chi connectivity index (χ2v) is 6.29. The molecule has 0 bridgehead atoms. The summed E-state index contributed by atoms with van der Waals surface area (Å²) in [6.07, 6.45) is 3.64. The number of nitrogens with two attached hydrogens (primary N) is 1. The van der Waals surface area contributed by atoms with Crippen molar-refractivity contribution in [2.24, 2.45) is 10.8 Å². The summed E-state index contributed by atoms with van der Waals surface area (Å²) < 4.78 is 10.9. The Morgan fingerprint density at radius 3 is 2.50 bits per heavy atom. The van der Waals surface area contributed by atoms with Crippen molar-refractivity contribution in [3.8, 4) is 0 Å². The molecule has 0 aliphatic carbocycles. The molecule has 0 radical (unpaired) electrons. The molecule has 28 heavy (non-hydrogen) atoms. The fraction of sp³-hybridized carbons (Fsp3) is 0.150. The second kappa shape index (κ2) is 7.43. The lowest BCUT2D eigenvalue weighted by Gasteiger charge is -2.20. The Labute approximate surface area is 160 Å². The van der Waals surface area contributed by atoms with Gasteiger partial charge in [0.05, 0.1) is 19.1 Å². The van der Waals surface area contributed by atoms with Crippen molar-refractivity contribution in [2.75, 3.05) is 11.9 Å². The van der Waals surface area contributed by atoms with Crippen molar-refractivity contribution < 1.29 is 18.4 Å². The third-order valence-electron chi connectivity index (χ3n) is 4.46. The Bertz CT molecular complexity index is 992. The zero-order valence-corrected chi connectivity index (χ0v) is 14.9. The van der Waals surface area contributed by atoms with Gasteiger partial charge in [0.2, 0.25) is 5.91 Å². The highest BCUT2D eigenvalue weighted by Crippen LogP contribution is 2.33. The van der Waals surface area contributed by atoms with Crippen molar-refractivity contribution in [2.45, 2.75) is 12.5 Å². The van der Waals surface area contributed by atoms with Gasteiger partial charge in [-0.05, 0) is 48.5 Å². The average molecular weight is 378 g/mol. The van der Waals surface area contributed by atoms with Gasteiger partial charge >= 0.3 is 0 Å². The van der Waals surface area contributed by atoms with Crippen LogP contribution in [-0.4, -0.2) is 29.1 Å². The first-order chi connectivity index (χ1) is 13.6. The zero-order chi connectivity index (χ0) is 19.5. The number of hydrogen-bond donors (Lipinski definition) is 2. The fourth-order valence-electron chi connectivity index (χ4n) is 3.05. The number of rotatable bonds is 6. The zero-order valence-electron chi connectivity index (χ0n) is 14.9. The van der Waals surface area contributed by atoms with E-state index in [1.54, 1.807) is 48.9 Å². The molecule has 142 valence electrons. The van der Waals surface area contributed by atoms with Gasteiger partial charge in [0.15, 0.2) is 0 Å². The van der Waals surface area contributed by atoms with Gasteiger partial charge in [-0.2, -0.15) is 5.10 Å². The van der Waals surface area contributed by atoms with Crippen LogP contribution in [0.5, 0.6) is 0 Å². The van der Waals surface area contributed by atoms with Crippen LogP contribution in [0.25, 0.3) is 0 Å². The minimum Gasteiger partial charge on any atom is -0.467 e. The van der Waals surface area contributed by atoms with Gasteiger partial charge in [-0.3, -0.25) is 9.59 Å². The molecular formula is C20H18N4O4. The summed E-state index contributed by atoms with van der Waals surface area (Å²) in [7, 11) is 0. The number of carbonyl (C=O) groups excluding carboxylic acids is 2. The fourth-order valence-corrected chi connectivity index (χ4v) is 3.05. The van der Waals surface area contributed by atoms with Crippen molar-refractivity contribution in [3.05, 3.63) is 78.1 Å². The summed E-state index contributed by atoms with van der Waals surface area (Å²) in [6, 6.07) is 13.4. The normalized spacial score (nSPS) is 16.1. The highest BCUT2D eigenvalue weighted by molar-refractivity contribution is 6.01. The molecule has 1 aliphatic heterocycles. The van der Waals surface area contributed by atoms with Gasteiger partial charge in [0.1, 0.15) is 23.3 Å². The van der Waals surface area contributed by atoms with Gasteiger partial charge in [0.25, 0.3) is 5.91 Å². The molecule has 0 saturated heterocycles. The number of carbonyl (C=O) groups is 2. The molecule has 1 atom stereocenters. The summed E-state index contributed by atoms with van der Waals surface area (Å²) in [5.74, 6) is 0.564. The minimum absolute atomic E-state index is 0.0298. The van der Waals surface area contributed by atoms with E-state index in [2.05, 4.69) is 10.4 Å². The van der Waals surface area contributed by atoms with E-state index in [1.165, 1.54) is 5.01 Å². The van der Waals surface area contributed by atoms with Crippen molar-refractivity contribution in [1.82, 2.24) is 5.01 Å². The van der Waals surface area contributed by atoms with Gasteiger partial charge in [-0.25, -0.2) is 5.01 Å². The number of amides is 2. The quantitative estimate of drug-likeness (QED) is 0.684. The molecule has 3 heterocycles. The van der Waals surface area contributed by atoms with Gasteiger partial charge in [0, 0.05) is 17.7 Å². The van der Waals surface area contributed by atoms with E-state index in [-0.39, 0.29) is 18.5 Å². The van der Waals surface area contributed by atoms with Crippen LogP contribution in [0.3, 0.4) is 0 Å². The van der Waals surface area contributed by atoms with Crippen LogP contribution in [0.1, 0.15) is 34.3 Å². The highest BCUT2D eigenvalue weighted by Gasteiger charge is 2.35. The molecular weight excluding hydrogens is 360 g/mol. The molecule has 0 fully saturated rings. The Morgan fingerprint density at radius 2 is 1.86 bits per heavy atom. The summed E-state index contributed by atoms with van der Waals surface area (Å²) >= 11 is 0. The number of hydrazone groups is 1. The van der Waals surface area contributed by atoms with E-state index in [1.807, 2.05) is 12.1 Å². The second-order valence-electron chi connectivity index (χ2n) is 6.29. The molecule has 8 heteroatoms. The molecule has 2 amide bonds. The number of benzene rings is 1. The standard InChI is InChI=1S/C20H18N4O4/c21-20(26)13-5-7-14(8-6-13)22-12-19(25)24-16(18-4-2-10-28-18)11-15(23-24)17-3-1-9-27-17/h1-10,16,22H,11-12H2,(H2,21,26). The molecule has 3 N–H and O–H groups in total. The highest BCUT2D eigenvalue weighted by atomic mass is 16.3. The van der Waals surface area contributed by atoms with Crippen LogP contribution in [0.15, 0.2) is 75.0 Å². The molecule has 1 aliphatic rings. The topological polar surface area (TPSA) is 114 Å². The van der Waals surface area contributed by atoms with E-state index in [4.69, 9.17) is 14.6 Å². The van der Waals surface area contributed by atoms with E-state index in [9.17, 15) is 9.59 Å². The van der Waals surface area contributed by atoms with Crippen LogP contribution in [0.4, 0.5) is 5.69 Å². The molecule has 1 unspecified atom stereocenters. The maximum absolute atomic E-state index is 12.8. The lowest BCUT2D eigenvalue weighted by atomic mass is 10.1. The average Bonchev–Trinajstić information content (AvgIpc) is 3.46. The Hall–Kier alpha value is -3.81. The van der Waals surface area contributed by atoms with Crippen LogP contribution in [0.2, 0.25) is 0 Å². The van der Waals surface area contributed by atoms with Crippen molar-refractivity contribution in [3.63, 3.8) is 0 Å². The summed E-state index contributed by atoms with van der Waals surface area (Å²) in [6.45, 7) is 0.0298. The molecule has 3 aromatic rings. The maximum Gasteiger partial charge on any atom is 0.262 e. The van der Waals surface area contributed by atoms with E-state index in [0.717, 1.165) is 0 Å². The summed E-state index contributed by atoms with van der Waals surface area (Å²) in [5, 5.41) is 8.92. The van der Waals surface area contributed by atoms with Gasteiger partial charge in [-0.15, -0.1) is 0 Å². The molecule has 1 aromatic carbocycles.